The molecule has 2 N–H and O–H groups in total. The van der Waals surface area contributed by atoms with E-state index in [9.17, 15) is 27.2 Å². The third-order valence-electron chi connectivity index (χ3n) is 5.32. The molecule has 0 spiro atoms. The smallest absolute Gasteiger partial charge is 0.417 e. The number of alkyl halides is 3. The van der Waals surface area contributed by atoms with Gasteiger partial charge in [-0.1, -0.05) is 11.6 Å². The number of amides is 2. The first-order valence-corrected chi connectivity index (χ1v) is 11.6. The van der Waals surface area contributed by atoms with Gasteiger partial charge in [-0.2, -0.15) is 13.2 Å². The minimum atomic E-state index is -4.71. The molecule has 1 heterocycles. The third kappa shape index (κ3) is 6.78. The zero-order valence-electron chi connectivity index (χ0n) is 20.1. The fraction of sp³-hybridized carbons (Fsp3) is 0.154. The molecule has 0 saturated heterocycles. The largest absolute Gasteiger partial charge is 0.474 e. The number of halogens is 5. The molecule has 0 atom stereocenters. The van der Waals surface area contributed by atoms with E-state index in [0.29, 0.717) is 23.7 Å². The molecule has 0 aliphatic heterocycles. The number of ether oxygens (including phenoxy) is 2. The van der Waals surface area contributed by atoms with Crippen molar-refractivity contribution in [3.63, 3.8) is 0 Å². The Morgan fingerprint density at radius 1 is 0.949 bits per heavy atom. The molecular weight excluding hydrogens is 544 g/mol. The molecule has 0 saturated carbocycles. The minimum Gasteiger partial charge on any atom is -0.474 e. The predicted molar refractivity (Wildman–Crippen MR) is 136 cm³/mol. The second kappa shape index (κ2) is 11.6. The Morgan fingerprint density at radius 2 is 1.67 bits per heavy atom. The predicted octanol–water partition coefficient (Wildman–Crippen LogP) is 6.34. The molecule has 0 unspecified atom stereocenters. The van der Waals surface area contributed by atoms with Crippen LogP contribution in [0.25, 0.3) is 11.0 Å². The van der Waals surface area contributed by atoms with Crippen LogP contribution in [0.1, 0.15) is 21.5 Å². The monoisotopic (exact) mass is 562 g/mol. The summed E-state index contributed by atoms with van der Waals surface area (Å²) in [6.45, 7) is 0.609. The number of methoxy groups -OCH3 is 1. The van der Waals surface area contributed by atoms with Gasteiger partial charge in [-0.3, -0.25) is 4.79 Å². The number of carbonyl (C=O) groups is 2. The number of urea groups is 1. The SMILES string of the molecule is COCCOc1cnc2ccc(C(=O)c3ccc(NC(=O)Nc4ccc(Cl)c(C(F)(F)F)c4)cc3F)cc2n1. The van der Waals surface area contributed by atoms with Gasteiger partial charge in [-0.25, -0.2) is 19.2 Å². The van der Waals surface area contributed by atoms with E-state index < -0.39 is 34.4 Å². The first-order chi connectivity index (χ1) is 18.5. The van der Waals surface area contributed by atoms with Gasteiger partial charge >= 0.3 is 12.2 Å². The Morgan fingerprint density at radius 3 is 2.36 bits per heavy atom. The van der Waals surface area contributed by atoms with Crippen molar-refractivity contribution in [3.05, 3.63) is 88.3 Å². The molecular formula is C26H19ClF4N4O4. The van der Waals surface area contributed by atoms with Crippen molar-refractivity contribution in [2.45, 2.75) is 6.18 Å². The van der Waals surface area contributed by atoms with Crippen LogP contribution < -0.4 is 15.4 Å². The zero-order chi connectivity index (χ0) is 28.2. The Labute approximate surface area is 223 Å². The quantitative estimate of drug-likeness (QED) is 0.148. The maximum Gasteiger partial charge on any atom is 0.417 e. The summed E-state index contributed by atoms with van der Waals surface area (Å²) in [6, 6.07) is 9.79. The fourth-order valence-corrected chi connectivity index (χ4v) is 3.71. The average Bonchev–Trinajstić information content (AvgIpc) is 2.88. The summed E-state index contributed by atoms with van der Waals surface area (Å²) in [4.78, 5) is 33.8. The first kappa shape index (κ1) is 27.7. The summed E-state index contributed by atoms with van der Waals surface area (Å²) < 4.78 is 64.3. The summed E-state index contributed by atoms with van der Waals surface area (Å²) in [5, 5.41) is 4.00. The molecule has 0 aliphatic rings. The number of aromatic nitrogens is 2. The van der Waals surface area contributed by atoms with Gasteiger partial charge in [0.25, 0.3) is 0 Å². The van der Waals surface area contributed by atoms with Crippen molar-refractivity contribution in [2.75, 3.05) is 31.0 Å². The van der Waals surface area contributed by atoms with Crippen molar-refractivity contribution in [1.82, 2.24) is 9.97 Å². The number of nitrogens with zero attached hydrogens (tertiary/aromatic N) is 2. The van der Waals surface area contributed by atoms with Gasteiger partial charge in [0.2, 0.25) is 5.88 Å². The Balaban J connectivity index is 1.47. The standard InChI is InChI=1S/C26H19ClF4N4O4/c1-38-8-9-39-23-13-32-21-7-2-14(10-22(21)35-23)24(36)17-5-3-16(12-20(17)28)34-25(37)33-15-4-6-19(27)18(11-15)26(29,30)31/h2-7,10-13H,8-9H2,1H3,(H2,33,34,37). The molecule has 2 amide bonds. The molecule has 4 aromatic rings. The maximum atomic E-state index is 14.9. The molecule has 202 valence electrons. The van der Waals surface area contributed by atoms with Crippen LogP contribution in [0, 0.1) is 5.82 Å². The summed E-state index contributed by atoms with van der Waals surface area (Å²) in [7, 11) is 1.53. The number of nitrogens with one attached hydrogen (secondary N) is 2. The van der Waals surface area contributed by atoms with Crippen LogP contribution in [0.15, 0.2) is 60.8 Å². The van der Waals surface area contributed by atoms with Crippen molar-refractivity contribution < 1.29 is 36.6 Å². The van der Waals surface area contributed by atoms with Crippen molar-refractivity contribution >= 4 is 45.8 Å². The van der Waals surface area contributed by atoms with Crippen LogP contribution in [0.4, 0.5) is 33.7 Å². The molecule has 1 aromatic heterocycles. The Hall–Kier alpha value is -4.29. The fourth-order valence-electron chi connectivity index (χ4n) is 3.48. The number of benzene rings is 3. The summed E-state index contributed by atoms with van der Waals surface area (Å²) in [5.74, 6) is -1.33. The van der Waals surface area contributed by atoms with E-state index >= 15 is 0 Å². The molecule has 3 aromatic carbocycles. The second-order valence-electron chi connectivity index (χ2n) is 8.05. The van der Waals surface area contributed by atoms with Crippen LogP contribution in [-0.2, 0) is 10.9 Å². The van der Waals surface area contributed by atoms with Crippen molar-refractivity contribution in [3.8, 4) is 5.88 Å². The van der Waals surface area contributed by atoms with E-state index in [1.54, 1.807) is 6.07 Å². The highest BCUT2D eigenvalue weighted by atomic mass is 35.5. The number of carbonyl (C=O) groups excluding carboxylic acids is 2. The van der Waals surface area contributed by atoms with Gasteiger partial charge in [-0.05, 0) is 54.6 Å². The Kier molecular flexibility index (Phi) is 8.27. The number of ketones is 1. The zero-order valence-corrected chi connectivity index (χ0v) is 20.9. The second-order valence-corrected chi connectivity index (χ2v) is 8.46. The molecule has 0 aliphatic carbocycles. The molecule has 0 bridgehead atoms. The van der Waals surface area contributed by atoms with E-state index in [-0.39, 0.29) is 35.0 Å². The molecule has 0 radical (unpaired) electrons. The maximum absolute atomic E-state index is 14.9. The highest BCUT2D eigenvalue weighted by Crippen LogP contribution is 2.36. The van der Waals surface area contributed by atoms with E-state index in [1.807, 2.05) is 0 Å². The first-order valence-electron chi connectivity index (χ1n) is 11.2. The van der Waals surface area contributed by atoms with Crippen molar-refractivity contribution in [2.24, 2.45) is 0 Å². The van der Waals surface area contributed by atoms with Crippen LogP contribution in [-0.4, -0.2) is 42.1 Å². The third-order valence-corrected chi connectivity index (χ3v) is 5.65. The summed E-state index contributed by atoms with van der Waals surface area (Å²) in [6.07, 6.45) is -3.28. The summed E-state index contributed by atoms with van der Waals surface area (Å²) in [5.41, 5.74) is -0.594. The topological polar surface area (TPSA) is 102 Å². The number of fused-ring (bicyclic) bond motifs is 1. The molecule has 39 heavy (non-hydrogen) atoms. The molecule has 4 rings (SSSR count). The van der Waals surface area contributed by atoms with Gasteiger partial charge in [0.05, 0.1) is 40.0 Å². The normalized spacial score (nSPS) is 11.3. The number of hydrogen-bond acceptors (Lipinski definition) is 6. The lowest BCUT2D eigenvalue weighted by molar-refractivity contribution is -0.137. The van der Waals surface area contributed by atoms with E-state index in [1.165, 1.54) is 43.6 Å². The molecule has 0 fully saturated rings. The highest BCUT2D eigenvalue weighted by Gasteiger charge is 2.33. The Bertz CT molecular complexity index is 1550. The van der Waals surface area contributed by atoms with Crippen LogP contribution in [0.3, 0.4) is 0 Å². The van der Waals surface area contributed by atoms with Gasteiger partial charge in [0.1, 0.15) is 12.4 Å². The minimum absolute atomic E-state index is 0.0335. The number of rotatable bonds is 8. The summed E-state index contributed by atoms with van der Waals surface area (Å²) >= 11 is 5.57. The lowest BCUT2D eigenvalue weighted by Crippen LogP contribution is -2.20. The van der Waals surface area contributed by atoms with Gasteiger partial charge in [-0.15, -0.1) is 0 Å². The van der Waals surface area contributed by atoms with Gasteiger partial charge in [0, 0.05) is 24.0 Å². The van der Waals surface area contributed by atoms with Gasteiger partial charge in [0.15, 0.2) is 5.78 Å². The highest BCUT2D eigenvalue weighted by molar-refractivity contribution is 6.31. The van der Waals surface area contributed by atoms with E-state index in [0.717, 1.165) is 12.1 Å². The van der Waals surface area contributed by atoms with Crippen LogP contribution >= 0.6 is 11.6 Å². The van der Waals surface area contributed by atoms with Crippen molar-refractivity contribution in [1.29, 1.82) is 0 Å². The van der Waals surface area contributed by atoms with Crippen LogP contribution in [0.5, 0.6) is 5.88 Å². The molecule has 8 nitrogen and oxygen atoms in total. The lowest BCUT2D eigenvalue weighted by Gasteiger charge is -2.13. The van der Waals surface area contributed by atoms with E-state index in [2.05, 4.69) is 20.6 Å². The number of hydrogen-bond donors (Lipinski definition) is 2. The van der Waals surface area contributed by atoms with E-state index in [4.69, 9.17) is 21.1 Å². The van der Waals surface area contributed by atoms with Gasteiger partial charge < -0.3 is 20.1 Å². The lowest BCUT2D eigenvalue weighted by atomic mass is 10.0. The molecule has 13 heteroatoms. The average molecular weight is 563 g/mol. The number of anilines is 2. The van der Waals surface area contributed by atoms with Crippen LogP contribution in [0.2, 0.25) is 5.02 Å².